The maximum atomic E-state index is 11.3. The summed E-state index contributed by atoms with van der Waals surface area (Å²) in [6.07, 6.45) is 4.01. The quantitative estimate of drug-likeness (QED) is 0.902. The summed E-state index contributed by atoms with van der Waals surface area (Å²) >= 11 is 0. The van der Waals surface area contributed by atoms with Gasteiger partial charge in [0.1, 0.15) is 0 Å². The molecule has 1 aromatic carbocycles. The van der Waals surface area contributed by atoms with E-state index < -0.39 is 0 Å². The van der Waals surface area contributed by atoms with E-state index in [0.717, 1.165) is 6.04 Å². The predicted molar refractivity (Wildman–Crippen MR) is 85.2 cm³/mol. The van der Waals surface area contributed by atoms with Crippen LogP contribution in [0, 0.1) is 0 Å². The lowest BCUT2D eigenvalue weighted by Gasteiger charge is -2.18. The number of hydrogen-bond acceptors (Lipinski definition) is 3. The molecule has 0 radical (unpaired) electrons. The molecule has 0 bridgehead atoms. The zero-order valence-corrected chi connectivity index (χ0v) is 13.0. The standard InChI is InChI=1S/C17H25N3O/c1-13(21)19(2)11-14-4-3-5-15(10-14)18-16-8-9-20(12-16)17-6-7-17/h3-5,10,16-18H,6-9,11-12H2,1-2H3. The van der Waals surface area contributed by atoms with Crippen molar-refractivity contribution in [1.29, 1.82) is 0 Å². The fourth-order valence-electron chi connectivity index (χ4n) is 3.06. The number of rotatable bonds is 5. The molecular formula is C17H25N3O. The highest BCUT2D eigenvalue weighted by Gasteiger charge is 2.34. The van der Waals surface area contributed by atoms with E-state index in [1.807, 2.05) is 7.05 Å². The van der Waals surface area contributed by atoms with Crippen molar-refractivity contribution < 1.29 is 4.79 Å². The summed E-state index contributed by atoms with van der Waals surface area (Å²) in [5, 5.41) is 3.65. The number of amides is 1. The van der Waals surface area contributed by atoms with Gasteiger partial charge in [0, 0.05) is 51.4 Å². The molecule has 1 amide bonds. The van der Waals surface area contributed by atoms with Crippen LogP contribution in [0.3, 0.4) is 0 Å². The molecule has 1 aliphatic carbocycles. The van der Waals surface area contributed by atoms with E-state index in [2.05, 4.69) is 34.5 Å². The molecule has 4 nitrogen and oxygen atoms in total. The molecule has 3 rings (SSSR count). The number of anilines is 1. The van der Waals surface area contributed by atoms with Gasteiger partial charge in [0.25, 0.3) is 0 Å². The average Bonchev–Trinajstić information content (AvgIpc) is 3.20. The highest BCUT2D eigenvalue weighted by Crippen LogP contribution is 2.30. The van der Waals surface area contributed by atoms with Crippen LogP contribution in [-0.4, -0.2) is 47.9 Å². The van der Waals surface area contributed by atoms with Gasteiger partial charge in [0.15, 0.2) is 0 Å². The van der Waals surface area contributed by atoms with E-state index in [1.54, 1.807) is 11.8 Å². The average molecular weight is 287 g/mol. The number of carbonyl (C=O) groups excluding carboxylic acids is 1. The van der Waals surface area contributed by atoms with Gasteiger partial charge in [-0.15, -0.1) is 0 Å². The third-order valence-electron chi connectivity index (χ3n) is 4.54. The first kappa shape index (κ1) is 14.4. The van der Waals surface area contributed by atoms with Gasteiger partial charge in [-0.3, -0.25) is 9.69 Å². The summed E-state index contributed by atoms with van der Waals surface area (Å²) in [4.78, 5) is 15.7. The third kappa shape index (κ3) is 3.76. The van der Waals surface area contributed by atoms with E-state index in [-0.39, 0.29) is 5.91 Å². The third-order valence-corrected chi connectivity index (χ3v) is 4.54. The van der Waals surface area contributed by atoms with Crippen molar-refractivity contribution in [1.82, 2.24) is 9.80 Å². The number of likely N-dealkylation sites (tertiary alicyclic amines) is 1. The predicted octanol–water partition coefficient (Wildman–Crippen LogP) is 2.31. The molecule has 4 heteroatoms. The Kier molecular flexibility index (Phi) is 4.15. The monoisotopic (exact) mass is 287 g/mol. The summed E-state index contributed by atoms with van der Waals surface area (Å²) in [6.45, 7) is 4.67. The highest BCUT2D eigenvalue weighted by atomic mass is 16.2. The van der Waals surface area contributed by atoms with Crippen LogP contribution >= 0.6 is 0 Å². The molecule has 114 valence electrons. The molecule has 2 aliphatic rings. The van der Waals surface area contributed by atoms with E-state index >= 15 is 0 Å². The number of benzene rings is 1. The van der Waals surface area contributed by atoms with Crippen molar-refractivity contribution in [2.24, 2.45) is 0 Å². The first-order valence-electron chi connectivity index (χ1n) is 7.93. The van der Waals surface area contributed by atoms with E-state index in [4.69, 9.17) is 0 Å². The summed E-state index contributed by atoms with van der Waals surface area (Å²) in [7, 11) is 1.84. The molecule has 21 heavy (non-hydrogen) atoms. The van der Waals surface area contributed by atoms with Gasteiger partial charge in [-0.05, 0) is 37.0 Å². The van der Waals surface area contributed by atoms with E-state index in [1.165, 1.54) is 43.6 Å². The maximum Gasteiger partial charge on any atom is 0.219 e. The lowest BCUT2D eigenvalue weighted by Crippen LogP contribution is -2.27. The van der Waals surface area contributed by atoms with Crippen LogP contribution in [-0.2, 0) is 11.3 Å². The molecule has 1 N–H and O–H groups in total. The summed E-state index contributed by atoms with van der Waals surface area (Å²) in [5.74, 6) is 0.101. The summed E-state index contributed by atoms with van der Waals surface area (Å²) < 4.78 is 0. The van der Waals surface area contributed by atoms with E-state index in [0.29, 0.717) is 12.6 Å². The van der Waals surface area contributed by atoms with Crippen LogP contribution < -0.4 is 5.32 Å². The zero-order valence-electron chi connectivity index (χ0n) is 13.0. The Labute approximate surface area is 127 Å². The Balaban J connectivity index is 1.57. The molecule has 1 saturated carbocycles. The second-order valence-corrected chi connectivity index (χ2v) is 6.43. The SMILES string of the molecule is CC(=O)N(C)Cc1cccc(NC2CCN(C3CC3)C2)c1. The van der Waals surface area contributed by atoms with Gasteiger partial charge in [-0.25, -0.2) is 0 Å². The van der Waals surface area contributed by atoms with Crippen molar-refractivity contribution >= 4 is 11.6 Å². The normalized spacial score (nSPS) is 22.3. The molecule has 1 unspecified atom stereocenters. The maximum absolute atomic E-state index is 11.3. The van der Waals surface area contributed by atoms with Crippen LogP contribution in [0.15, 0.2) is 24.3 Å². The fourth-order valence-corrected chi connectivity index (χ4v) is 3.06. The Morgan fingerprint density at radius 3 is 2.90 bits per heavy atom. The second kappa shape index (κ2) is 6.06. The van der Waals surface area contributed by atoms with Crippen molar-refractivity contribution in [3.8, 4) is 0 Å². The number of carbonyl (C=O) groups is 1. The highest BCUT2D eigenvalue weighted by molar-refractivity contribution is 5.72. The van der Waals surface area contributed by atoms with Crippen LogP contribution in [0.4, 0.5) is 5.69 Å². The Bertz CT molecular complexity index is 513. The molecule has 2 fully saturated rings. The Morgan fingerprint density at radius 1 is 1.38 bits per heavy atom. The lowest BCUT2D eigenvalue weighted by molar-refractivity contribution is -0.128. The zero-order chi connectivity index (χ0) is 14.8. The second-order valence-electron chi connectivity index (χ2n) is 6.43. The molecule has 1 heterocycles. The topological polar surface area (TPSA) is 35.6 Å². The number of hydrogen-bond donors (Lipinski definition) is 1. The van der Waals surface area contributed by atoms with Gasteiger partial charge < -0.3 is 10.2 Å². The molecular weight excluding hydrogens is 262 g/mol. The molecule has 0 aromatic heterocycles. The first-order valence-corrected chi connectivity index (χ1v) is 7.93. The number of nitrogens with zero attached hydrogens (tertiary/aromatic N) is 2. The van der Waals surface area contributed by atoms with Crippen LogP contribution in [0.2, 0.25) is 0 Å². The van der Waals surface area contributed by atoms with Crippen LogP contribution in [0.25, 0.3) is 0 Å². The van der Waals surface area contributed by atoms with Gasteiger partial charge in [-0.2, -0.15) is 0 Å². The van der Waals surface area contributed by atoms with Gasteiger partial charge in [0.2, 0.25) is 5.91 Å². The van der Waals surface area contributed by atoms with Crippen LogP contribution in [0.5, 0.6) is 0 Å². The smallest absolute Gasteiger partial charge is 0.219 e. The lowest BCUT2D eigenvalue weighted by atomic mass is 10.1. The minimum Gasteiger partial charge on any atom is -0.381 e. The van der Waals surface area contributed by atoms with Crippen molar-refractivity contribution in [2.45, 2.75) is 44.8 Å². The minimum absolute atomic E-state index is 0.101. The van der Waals surface area contributed by atoms with Gasteiger partial charge in [-0.1, -0.05) is 12.1 Å². The largest absolute Gasteiger partial charge is 0.381 e. The molecule has 1 aromatic rings. The fraction of sp³-hybridized carbons (Fsp3) is 0.588. The van der Waals surface area contributed by atoms with Crippen molar-refractivity contribution in [3.05, 3.63) is 29.8 Å². The molecule has 0 spiro atoms. The minimum atomic E-state index is 0.101. The van der Waals surface area contributed by atoms with Crippen molar-refractivity contribution in [3.63, 3.8) is 0 Å². The van der Waals surface area contributed by atoms with Gasteiger partial charge in [0.05, 0.1) is 0 Å². The molecule has 1 saturated heterocycles. The van der Waals surface area contributed by atoms with Gasteiger partial charge >= 0.3 is 0 Å². The summed E-state index contributed by atoms with van der Waals surface area (Å²) in [5.41, 5.74) is 2.35. The molecule has 1 aliphatic heterocycles. The Morgan fingerprint density at radius 2 is 2.19 bits per heavy atom. The number of nitrogens with one attached hydrogen (secondary N) is 1. The first-order chi connectivity index (χ1) is 10.1. The van der Waals surface area contributed by atoms with Crippen LogP contribution in [0.1, 0.15) is 31.7 Å². The van der Waals surface area contributed by atoms with Crippen molar-refractivity contribution in [2.75, 3.05) is 25.5 Å². The molecule has 1 atom stereocenters. The summed E-state index contributed by atoms with van der Waals surface area (Å²) in [6, 6.07) is 9.87. The Hall–Kier alpha value is -1.55. The van der Waals surface area contributed by atoms with E-state index in [9.17, 15) is 4.79 Å².